The molecule has 2 nitrogen and oxygen atoms in total. The molecule has 1 N–H and O–H groups in total. The second kappa shape index (κ2) is 2.00. The van der Waals surface area contributed by atoms with Crippen LogP contribution in [0.5, 0.6) is 0 Å². The minimum absolute atomic E-state index is 0.0930. The van der Waals surface area contributed by atoms with Gasteiger partial charge in [-0.3, -0.25) is 0 Å². The quantitative estimate of drug-likeness (QED) is 0.599. The monoisotopic (exact) mass is 125 g/mol. The van der Waals surface area contributed by atoms with Crippen LogP contribution in [-0.2, 0) is 0 Å². The Morgan fingerprint density at radius 1 is 1.78 bits per heavy atom. The molecule has 0 aromatic rings. The lowest BCUT2D eigenvalue weighted by atomic mass is 10.0. The Hall–Kier alpha value is -0.550. The third kappa shape index (κ3) is 1.22. The first-order valence-electron chi connectivity index (χ1n) is 3.24. The van der Waals surface area contributed by atoms with Crippen LogP contribution < -0.4 is 0 Å². The maximum atomic E-state index is 9.23. The average Bonchev–Trinajstić information content (AvgIpc) is 2.50. The van der Waals surface area contributed by atoms with Gasteiger partial charge in [-0.15, -0.1) is 0 Å². The lowest BCUT2D eigenvalue weighted by molar-refractivity contribution is 0.107. The van der Waals surface area contributed by atoms with Gasteiger partial charge in [0.1, 0.15) is 0 Å². The third-order valence-corrected chi connectivity index (χ3v) is 2.13. The van der Waals surface area contributed by atoms with Gasteiger partial charge in [0.25, 0.3) is 0 Å². The van der Waals surface area contributed by atoms with E-state index in [1.54, 1.807) is 0 Å². The van der Waals surface area contributed by atoms with Crippen molar-refractivity contribution in [3.8, 4) is 6.07 Å². The summed E-state index contributed by atoms with van der Waals surface area (Å²) in [5.41, 5.74) is 0.0930. The number of rotatable bonds is 2. The first kappa shape index (κ1) is 6.57. The lowest BCUT2D eigenvalue weighted by Gasteiger charge is -2.12. The van der Waals surface area contributed by atoms with Crippen molar-refractivity contribution in [2.75, 3.05) is 0 Å². The fourth-order valence-corrected chi connectivity index (χ4v) is 0.863. The first-order chi connectivity index (χ1) is 4.19. The first-order valence-corrected chi connectivity index (χ1v) is 3.24. The molecule has 0 aliphatic heterocycles. The van der Waals surface area contributed by atoms with E-state index in [9.17, 15) is 5.11 Å². The van der Waals surface area contributed by atoms with Crippen molar-refractivity contribution in [3.63, 3.8) is 0 Å². The summed E-state index contributed by atoms with van der Waals surface area (Å²) in [6.07, 6.45) is 2.06. The van der Waals surface area contributed by atoms with Crippen LogP contribution in [0.1, 0.15) is 26.2 Å². The van der Waals surface area contributed by atoms with Gasteiger partial charge in [0.05, 0.1) is 18.6 Å². The Kier molecular flexibility index (Phi) is 1.46. The van der Waals surface area contributed by atoms with E-state index in [0.29, 0.717) is 0 Å². The summed E-state index contributed by atoms with van der Waals surface area (Å²) in [6.45, 7) is 2.02. The second-order valence-electron chi connectivity index (χ2n) is 3.03. The van der Waals surface area contributed by atoms with Crippen LogP contribution in [0.15, 0.2) is 0 Å². The summed E-state index contributed by atoms with van der Waals surface area (Å²) in [5.74, 6) is 0. The van der Waals surface area contributed by atoms with Crippen molar-refractivity contribution in [1.82, 2.24) is 0 Å². The van der Waals surface area contributed by atoms with Crippen LogP contribution in [0.25, 0.3) is 0 Å². The van der Waals surface area contributed by atoms with E-state index in [2.05, 4.69) is 0 Å². The van der Waals surface area contributed by atoms with Gasteiger partial charge in [-0.05, 0) is 18.3 Å². The Morgan fingerprint density at radius 3 is 2.67 bits per heavy atom. The molecule has 0 aromatic heterocycles. The third-order valence-electron chi connectivity index (χ3n) is 2.13. The van der Waals surface area contributed by atoms with Crippen molar-refractivity contribution >= 4 is 0 Å². The van der Waals surface area contributed by atoms with E-state index in [1.807, 2.05) is 13.0 Å². The minimum atomic E-state index is -0.387. The summed E-state index contributed by atoms with van der Waals surface area (Å²) < 4.78 is 0. The molecule has 1 rings (SSSR count). The van der Waals surface area contributed by atoms with E-state index in [-0.39, 0.29) is 17.9 Å². The molecule has 0 bridgehead atoms. The van der Waals surface area contributed by atoms with Crippen LogP contribution in [0.3, 0.4) is 0 Å². The van der Waals surface area contributed by atoms with Crippen molar-refractivity contribution in [2.24, 2.45) is 5.41 Å². The zero-order chi connectivity index (χ0) is 6.91. The molecule has 9 heavy (non-hydrogen) atoms. The fourth-order valence-electron chi connectivity index (χ4n) is 0.863. The van der Waals surface area contributed by atoms with Gasteiger partial charge >= 0.3 is 0 Å². The number of aliphatic hydroxyl groups is 1. The van der Waals surface area contributed by atoms with Crippen molar-refractivity contribution in [3.05, 3.63) is 0 Å². The van der Waals surface area contributed by atoms with E-state index in [4.69, 9.17) is 5.26 Å². The highest BCUT2D eigenvalue weighted by atomic mass is 16.3. The highest BCUT2D eigenvalue weighted by Gasteiger charge is 2.43. The predicted octanol–water partition coefficient (Wildman–Crippen LogP) is 1.06. The van der Waals surface area contributed by atoms with Crippen LogP contribution in [0.4, 0.5) is 0 Å². The summed E-state index contributed by atoms with van der Waals surface area (Å²) >= 11 is 0. The van der Waals surface area contributed by atoms with E-state index >= 15 is 0 Å². The maximum absolute atomic E-state index is 9.23. The number of aliphatic hydroxyl groups excluding tert-OH is 1. The van der Waals surface area contributed by atoms with Crippen LogP contribution in [0.2, 0.25) is 0 Å². The van der Waals surface area contributed by atoms with Crippen molar-refractivity contribution in [2.45, 2.75) is 32.3 Å². The summed E-state index contributed by atoms with van der Waals surface area (Å²) in [5, 5.41) is 17.4. The van der Waals surface area contributed by atoms with Gasteiger partial charge in [-0.25, -0.2) is 0 Å². The Labute approximate surface area is 55.1 Å². The number of hydrogen-bond acceptors (Lipinski definition) is 2. The second-order valence-corrected chi connectivity index (χ2v) is 3.03. The molecule has 0 amide bonds. The largest absolute Gasteiger partial charge is 0.391 e. The minimum Gasteiger partial charge on any atom is -0.391 e. The summed E-state index contributed by atoms with van der Waals surface area (Å²) in [4.78, 5) is 0. The van der Waals surface area contributed by atoms with Gasteiger partial charge in [-0.2, -0.15) is 5.26 Å². The summed E-state index contributed by atoms with van der Waals surface area (Å²) in [6, 6.07) is 1.96. The molecule has 1 saturated carbocycles. The summed E-state index contributed by atoms with van der Waals surface area (Å²) in [7, 11) is 0. The van der Waals surface area contributed by atoms with Crippen molar-refractivity contribution < 1.29 is 5.11 Å². The van der Waals surface area contributed by atoms with E-state index < -0.39 is 0 Å². The molecular formula is C7H11NO. The normalized spacial score (nSPS) is 24.6. The highest BCUT2D eigenvalue weighted by Crippen LogP contribution is 2.48. The molecule has 0 spiro atoms. The molecule has 1 aliphatic rings. The number of nitrogens with zero attached hydrogens (tertiary/aromatic N) is 1. The number of hydrogen-bond donors (Lipinski definition) is 1. The van der Waals surface area contributed by atoms with Gasteiger partial charge in [-0.1, -0.05) is 6.92 Å². The van der Waals surface area contributed by atoms with Crippen LogP contribution >= 0.6 is 0 Å². The molecule has 1 atom stereocenters. The molecule has 1 fully saturated rings. The highest BCUT2D eigenvalue weighted by molar-refractivity contribution is 4.97. The molecule has 1 unspecified atom stereocenters. The Bertz CT molecular complexity index is 143. The van der Waals surface area contributed by atoms with Crippen LogP contribution in [-0.4, -0.2) is 11.2 Å². The Balaban J connectivity index is 2.35. The topological polar surface area (TPSA) is 44.0 Å². The van der Waals surface area contributed by atoms with Gasteiger partial charge in [0.2, 0.25) is 0 Å². The molecule has 0 radical (unpaired) electrons. The zero-order valence-corrected chi connectivity index (χ0v) is 5.59. The standard InChI is InChI=1S/C7H11NO/c1-7(3-4-7)6(9)2-5-8/h6,9H,2-4H2,1H3. The molecule has 50 valence electrons. The molecular weight excluding hydrogens is 114 g/mol. The maximum Gasteiger partial charge on any atom is 0.0723 e. The number of nitriles is 1. The van der Waals surface area contributed by atoms with E-state index in [0.717, 1.165) is 12.8 Å². The van der Waals surface area contributed by atoms with Crippen molar-refractivity contribution in [1.29, 1.82) is 5.26 Å². The Morgan fingerprint density at radius 2 is 2.33 bits per heavy atom. The fraction of sp³-hybridized carbons (Fsp3) is 0.857. The van der Waals surface area contributed by atoms with Gasteiger partial charge in [0.15, 0.2) is 0 Å². The average molecular weight is 125 g/mol. The molecule has 0 heterocycles. The van der Waals surface area contributed by atoms with Gasteiger partial charge in [0, 0.05) is 0 Å². The smallest absolute Gasteiger partial charge is 0.0723 e. The molecule has 0 aromatic carbocycles. The molecule has 1 aliphatic carbocycles. The van der Waals surface area contributed by atoms with Crippen LogP contribution in [0, 0.1) is 16.7 Å². The zero-order valence-electron chi connectivity index (χ0n) is 5.59. The SMILES string of the molecule is CC1(C(O)CC#N)CC1. The molecule has 2 heteroatoms. The predicted molar refractivity (Wildman–Crippen MR) is 33.6 cm³/mol. The lowest BCUT2D eigenvalue weighted by Crippen LogP contribution is -2.17. The van der Waals surface area contributed by atoms with E-state index in [1.165, 1.54) is 0 Å². The van der Waals surface area contributed by atoms with Gasteiger partial charge < -0.3 is 5.11 Å². The molecule has 0 saturated heterocycles.